The number of nitrogens with zero attached hydrogens (tertiary/aromatic N) is 1. The van der Waals surface area contributed by atoms with Crippen LogP contribution in [0, 0.1) is 10.1 Å². The molecule has 1 aliphatic rings. The van der Waals surface area contributed by atoms with Crippen molar-refractivity contribution in [3.8, 4) is 11.5 Å². The van der Waals surface area contributed by atoms with E-state index in [-0.39, 0.29) is 28.8 Å². The Morgan fingerprint density at radius 3 is 2.58 bits per heavy atom. The van der Waals surface area contributed by atoms with Crippen LogP contribution >= 0.6 is 0 Å². The van der Waals surface area contributed by atoms with Gasteiger partial charge in [-0.1, -0.05) is 0 Å². The molecule has 0 aromatic heterocycles. The van der Waals surface area contributed by atoms with E-state index in [0.29, 0.717) is 12.4 Å². The summed E-state index contributed by atoms with van der Waals surface area (Å²) in [6.45, 7) is 0.596. The molecule has 0 saturated carbocycles. The SMILES string of the molecule is COc1ccc(NC(=O)COC(=O)c2ccc(OC[C@H]3CCCO3)cc2)c([N+](=O)[O-])c1. The standard InChI is InChI=1S/C21H22N2O8/c1-28-16-8-9-18(19(11-16)23(26)27)22-20(24)13-31-21(25)14-4-6-15(7-5-14)30-12-17-3-2-10-29-17/h4-9,11,17H,2-3,10,12-13H2,1H3,(H,22,24)/t17-/m1/s1. The Hall–Kier alpha value is -3.66. The quantitative estimate of drug-likeness (QED) is 0.366. The number of anilines is 1. The fourth-order valence-corrected chi connectivity index (χ4v) is 2.95. The number of nitro benzene ring substituents is 1. The van der Waals surface area contributed by atoms with Gasteiger partial charge in [-0.05, 0) is 49.2 Å². The van der Waals surface area contributed by atoms with E-state index in [1.165, 1.54) is 37.4 Å². The van der Waals surface area contributed by atoms with Crippen molar-refractivity contribution in [2.45, 2.75) is 18.9 Å². The van der Waals surface area contributed by atoms with Gasteiger partial charge >= 0.3 is 5.97 Å². The molecule has 1 atom stereocenters. The molecule has 164 valence electrons. The van der Waals surface area contributed by atoms with Crippen LogP contribution in [0.1, 0.15) is 23.2 Å². The van der Waals surface area contributed by atoms with Gasteiger partial charge in [0.05, 0.1) is 29.8 Å². The highest BCUT2D eigenvalue weighted by atomic mass is 16.6. The monoisotopic (exact) mass is 430 g/mol. The molecule has 1 N–H and O–H groups in total. The number of ether oxygens (including phenoxy) is 4. The van der Waals surface area contributed by atoms with E-state index in [4.69, 9.17) is 18.9 Å². The summed E-state index contributed by atoms with van der Waals surface area (Å²) < 4.78 is 21.0. The normalized spacial score (nSPS) is 15.2. The van der Waals surface area contributed by atoms with Crippen molar-refractivity contribution in [2.24, 2.45) is 0 Å². The summed E-state index contributed by atoms with van der Waals surface area (Å²) in [6, 6.07) is 10.3. The summed E-state index contributed by atoms with van der Waals surface area (Å²) in [5, 5.41) is 13.5. The lowest BCUT2D eigenvalue weighted by molar-refractivity contribution is -0.384. The van der Waals surface area contributed by atoms with Gasteiger partial charge in [0.15, 0.2) is 6.61 Å². The van der Waals surface area contributed by atoms with Gasteiger partial charge < -0.3 is 24.3 Å². The first-order chi connectivity index (χ1) is 15.0. The molecule has 0 aliphatic carbocycles. The van der Waals surface area contributed by atoms with Crippen molar-refractivity contribution in [3.63, 3.8) is 0 Å². The summed E-state index contributed by atoms with van der Waals surface area (Å²) in [4.78, 5) is 34.7. The van der Waals surface area contributed by atoms with Gasteiger partial charge in [0.25, 0.3) is 11.6 Å². The maximum Gasteiger partial charge on any atom is 0.338 e. The Labute approximate surface area is 178 Å². The van der Waals surface area contributed by atoms with Gasteiger partial charge in [-0.25, -0.2) is 4.79 Å². The molecule has 10 heteroatoms. The predicted molar refractivity (Wildman–Crippen MR) is 109 cm³/mol. The first-order valence-electron chi connectivity index (χ1n) is 9.60. The molecule has 2 aromatic rings. The molecule has 1 aliphatic heterocycles. The van der Waals surface area contributed by atoms with Gasteiger partial charge in [-0.2, -0.15) is 0 Å². The Bertz CT molecular complexity index is 939. The van der Waals surface area contributed by atoms with Crippen LogP contribution in [0.5, 0.6) is 11.5 Å². The third-order valence-electron chi connectivity index (χ3n) is 4.56. The average molecular weight is 430 g/mol. The van der Waals surface area contributed by atoms with Crippen molar-refractivity contribution in [1.29, 1.82) is 0 Å². The molecule has 10 nitrogen and oxygen atoms in total. The number of methoxy groups -OCH3 is 1. The van der Waals surface area contributed by atoms with E-state index in [9.17, 15) is 19.7 Å². The Balaban J connectivity index is 1.50. The minimum atomic E-state index is -0.710. The molecule has 1 fully saturated rings. The van der Waals surface area contributed by atoms with Crippen LogP contribution in [0.25, 0.3) is 0 Å². The average Bonchev–Trinajstić information content (AvgIpc) is 3.30. The second-order valence-corrected chi connectivity index (χ2v) is 6.73. The predicted octanol–water partition coefficient (Wildman–Crippen LogP) is 2.96. The number of benzene rings is 2. The third kappa shape index (κ3) is 6.16. The van der Waals surface area contributed by atoms with Crippen molar-refractivity contribution in [1.82, 2.24) is 0 Å². The van der Waals surface area contributed by atoms with Crippen LogP contribution in [0.2, 0.25) is 0 Å². The molecule has 31 heavy (non-hydrogen) atoms. The van der Waals surface area contributed by atoms with E-state index < -0.39 is 23.4 Å². The third-order valence-corrected chi connectivity index (χ3v) is 4.56. The molecule has 1 amide bonds. The fourth-order valence-electron chi connectivity index (χ4n) is 2.95. The molecule has 0 bridgehead atoms. The Morgan fingerprint density at radius 1 is 1.19 bits per heavy atom. The van der Waals surface area contributed by atoms with Crippen LogP contribution < -0.4 is 14.8 Å². The number of nitro groups is 1. The zero-order chi connectivity index (χ0) is 22.2. The van der Waals surface area contributed by atoms with Gasteiger partial charge in [0, 0.05) is 6.61 Å². The maximum atomic E-state index is 12.2. The minimum Gasteiger partial charge on any atom is -0.496 e. The van der Waals surface area contributed by atoms with Crippen LogP contribution in [0.15, 0.2) is 42.5 Å². The topological polar surface area (TPSA) is 126 Å². The van der Waals surface area contributed by atoms with Gasteiger partial charge in [-0.3, -0.25) is 14.9 Å². The molecular weight excluding hydrogens is 408 g/mol. The van der Waals surface area contributed by atoms with E-state index in [2.05, 4.69) is 5.32 Å². The van der Waals surface area contributed by atoms with E-state index >= 15 is 0 Å². The summed E-state index contributed by atoms with van der Waals surface area (Å²) in [5.74, 6) is -0.542. The largest absolute Gasteiger partial charge is 0.496 e. The first kappa shape index (κ1) is 22.0. The number of rotatable bonds is 9. The second-order valence-electron chi connectivity index (χ2n) is 6.73. The zero-order valence-corrected chi connectivity index (χ0v) is 16.9. The lowest BCUT2D eigenvalue weighted by atomic mass is 10.2. The van der Waals surface area contributed by atoms with E-state index in [1.807, 2.05) is 0 Å². The number of carbonyl (C=O) groups is 2. The number of hydrogen-bond acceptors (Lipinski definition) is 8. The lowest BCUT2D eigenvalue weighted by Crippen LogP contribution is -2.21. The van der Waals surface area contributed by atoms with Crippen LogP contribution in [-0.4, -0.2) is 49.8 Å². The maximum absolute atomic E-state index is 12.2. The van der Waals surface area contributed by atoms with Crippen LogP contribution in [0.3, 0.4) is 0 Å². The Kier molecular flexibility index (Phi) is 7.39. The van der Waals surface area contributed by atoms with E-state index in [0.717, 1.165) is 19.4 Å². The summed E-state index contributed by atoms with van der Waals surface area (Å²) in [5.41, 5.74) is -0.120. The van der Waals surface area contributed by atoms with Crippen LogP contribution in [-0.2, 0) is 14.3 Å². The second kappa shape index (κ2) is 10.4. The minimum absolute atomic E-state index is 0.0282. The molecule has 0 unspecified atom stereocenters. The summed E-state index contributed by atoms with van der Waals surface area (Å²) >= 11 is 0. The van der Waals surface area contributed by atoms with Crippen molar-refractivity contribution < 1.29 is 33.5 Å². The fraction of sp³-hybridized carbons (Fsp3) is 0.333. The Morgan fingerprint density at radius 2 is 1.94 bits per heavy atom. The van der Waals surface area contributed by atoms with Gasteiger partial charge in [0.2, 0.25) is 0 Å². The number of nitrogens with one attached hydrogen (secondary N) is 1. The highest BCUT2D eigenvalue weighted by molar-refractivity contribution is 5.96. The van der Waals surface area contributed by atoms with Gasteiger partial charge in [-0.15, -0.1) is 0 Å². The van der Waals surface area contributed by atoms with Crippen molar-refractivity contribution in [2.75, 3.05) is 32.2 Å². The summed E-state index contributed by atoms with van der Waals surface area (Å²) in [7, 11) is 1.37. The molecule has 0 radical (unpaired) electrons. The lowest BCUT2D eigenvalue weighted by Gasteiger charge is -2.11. The van der Waals surface area contributed by atoms with Crippen molar-refractivity contribution in [3.05, 3.63) is 58.1 Å². The highest BCUT2D eigenvalue weighted by Gasteiger charge is 2.19. The van der Waals surface area contributed by atoms with Crippen LogP contribution in [0.4, 0.5) is 11.4 Å². The molecular formula is C21H22N2O8. The number of esters is 1. The van der Waals surface area contributed by atoms with Gasteiger partial charge in [0.1, 0.15) is 23.8 Å². The number of carbonyl (C=O) groups excluding carboxylic acids is 2. The number of hydrogen-bond donors (Lipinski definition) is 1. The molecule has 0 spiro atoms. The molecule has 1 saturated heterocycles. The smallest absolute Gasteiger partial charge is 0.338 e. The molecule has 1 heterocycles. The first-order valence-corrected chi connectivity index (χ1v) is 9.60. The van der Waals surface area contributed by atoms with E-state index in [1.54, 1.807) is 12.1 Å². The number of amides is 1. The molecule has 2 aromatic carbocycles. The zero-order valence-electron chi connectivity index (χ0n) is 16.9. The van der Waals surface area contributed by atoms with Crippen molar-refractivity contribution >= 4 is 23.3 Å². The molecule has 3 rings (SSSR count). The summed E-state index contributed by atoms with van der Waals surface area (Å²) in [6.07, 6.45) is 2.08. The highest BCUT2D eigenvalue weighted by Crippen LogP contribution is 2.28.